The molecule has 3 aliphatic rings. The van der Waals surface area contributed by atoms with Crippen molar-refractivity contribution in [3.8, 4) is 17.2 Å². The molecule has 0 radical (unpaired) electrons. The van der Waals surface area contributed by atoms with Crippen LogP contribution in [0.4, 0.5) is 0 Å². The van der Waals surface area contributed by atoms with E-state index in [-0.39, 0.29) is 30.5 Å². The Morgan fingerprint density at radius 3 is 2.26 bits per heavy atom. The molecule has 1 aliphatic carbocycles. The topological polar surface area (TPSA) is 44.8 Å². The highest BCUT2D eigenvalue weighted by Crippen LogP contribution is 2.57. The molecule has 4 nitrogen and oxygen atoms in total. The molecule has 2 aliphatic heterocycles. The minimum atomic E-state index is -0.280. The van der Waals surface area contributed by atoms with E-state index in [1.165, 1.54) is 11.1 Å². The Hall–Kier alpha value is -3.27. The van der Waals surface area contributed by atoms with E-state index >= 15 is 0 Å². The lowest BCUT2D eigenvalue weighted by Gasteiger charge is -2.30. The van der Waals surface area contributed by atoms with Gasteiger partial charge in [-0.2, -0.15) is 0 Å². The van der Waals surface area contributed by atoms with Crippen molar-refractivity contribution < 1.29 is 19.0 Å². The molecule has 0 spiro atoms. The molecular weight excluding hydrogens is 340 g/mol. The van der Waals surface area contributed by atoms with E-state index in [9.17, 15) is 4.79 Å². The fraction of sp³-hybridized carbons (Fsp3) is 0.174. The molecule has 0 amide bonds. The van der Waals surface area contributed by atoms with Crippen LogP contribution in [0.25, 0.3) is 0 Å². The van der Waals surface area contributed by atoms with Crippen molar-refractivity contribution in [2.45, 2.75) is 11.8 Å². The molecule has 0 bridgehead atoms. The normalized spacial score (nSPS) is 24.0. The summed E-state index contributed by atoms with van der Waals surface area (Å²) in [7, 11) is 0. The van der Waals surface area contributed by atoms with Gasteiger partial charge in [0.2, 0.25) is 6.79 Å². The lowest BCUT2D eigenvalue weighted by molar-refractivity contribution is -0.140. The van der Waals surface area contributed by atoms with Gasteiger partial charge in [0.25, 0.3) is 0 Å². The molecule has 2 heterocycles. The zero-order valence-electron chi connectivity index (χ0n) is 14.4. The van der Waals surface area contributed by atoms with Crippen LogP contribution >= 0.6 is 0 Å². The van der Waals surface area contributed by atoms with Crippen molar-refractivity contribution in [3.63, 3.8) is 0 Å². The molecule has 0 saturated carbocycles. The van der Waals surface area contributed by atoms with Crippen LogP contribution < -0.4 is 14.2 Å². The van der Waals surface area contributed by atoms with Gasteiger partial charge in [-0.05, 0) is 34.9 Å². The van der Waals surface area contributed by atoms with E-state index in [0.717, 1.165) is 22.6 Å². The summed E-state index contributed by atoms with van der Waals surface area (Å²) in [4.78, 5) is 13.0. The maximum absolute atomic E-state index is 13.0. The summed E-state index contributed by atoms with van der Waals surface area (Å²) < 4.78 is 16.7. The number of hydrogen-bond donors (Lipinski definition) is 0. The van der Waals surface area contributed by atoms with Gasteiger partial charge in [-0.3, -0.25) is 4.79 Å². The largest absolute Gasteiger partial charge is 0.454 e. The van der Waals surface area contributed by atoms with Crippen molar-refractivity contribution in [3.05, 3.63) is 89.0 Å². The molecule has 3 atom stereocenters. The Labute approximate surface area is 156 Å². The third kappa shape index (κ3) is 2.01. The van der Waals surface area contributed by atoms with Gasteiger partial charge in [0.1, 0.15) is 5.75 Å². The lowest BCUT2D eigenvalue weighted by atomic mass is 9.78. The summed E-state index contributed by atoms with van der Waals surface area (Å²) in [6, 6.07) is 22.1. The van der Waals surface area contributed by atoms with Crippen molar-refractivity contribution in [1.29, 1.82) is 0 Å². The number of carbonyl (C=O) groups is 1. The number of benzene rings is 3. The summed E-state index contributed by atoms with van der Waals surface area (Å²) in [5.74, 6) is 1.65. The van der Waals surface area contributed by atoms with E-state index in [4.69, 9.17) is 14.2 Å². The highest BCUT2D eigenvalue weighted by molar-refractivity contribution is 5.84. The highest BCUT2D eigenvalue weighted by Gasteiger charge is 2.50. The summed E-state index contributed by atoms with van der Waals surface area (Å²) in [5.41, 5.74) is 4.52. The van der Waals surface area contributed by atoms with Gasteiger partial charge in [0.05, 0.1) is 5.92 Å². The molecule has 132 valence electrons. The van der Waals surface area contributed by atoms with Crippen molar-refractivity contribution in [1.82, 2.24) is 0 Å². The Morgan fingerprint density at radius 2 is 1.41 bits per heavy atom. The first kappa shape index (κ1) is 14.9. The van der Waals surface area contributed by atoms with E-state index < -0.39 is 0 Å². The lowest BCUT2D eigenvalue weighted by Crippen LogP contribution is -2.32. The number of para-hydroxylation sites is 1. The molecule has 1 unspecified atom stereocenters. The van der Waals surface area contributed by atoms with Crippen LogP contribution in [0.3, 0.4) is 0 Å². The molecule has 0 aromatic heterocycles. The van der Waals surface area contributed by atoms with Gasteiger partial charge in [-0.25, -0.2) is 0 Å². The van der Waals surface area contributed by atoms with E-state index in [1.807, 2.05) is 48.5 Å². The highest BCUT2D eigenvalue weighted by atomic mass is 16.7. The molecule has 3 aromatic carbocycles. The SMILES string of the molecule is O=C1Oc2ccccc2[C@@H]2c3ccccc3[C@H](c3ccc4c(c3)OCO4)C12. The summed E-state index contributed by atoms with van der Waals surface area (Å²) in [6.07, 6.45) is 0. The summed E-state index contributed by atoms with van der Waals surface area (Å²) in [6.45, 7) is 0.238. The minimum Gasteiger partial charge on any atom is -0.454 e. The van der Waals surface area contributed by atoms with Gasteiger partial charge in [-0.15, -0.1) is 0 Å². The zero-order valence-corrected chi connectivity index (χ0v) is 14.4. The zero-order chi connectivity index (χ0) is 18.0. The fourth-order valence-corrected chi connectivity index (χ4v) is 4.79. The van der Waals surface area contributed by atoms with E-state index in [0.29, 0.717) is 5.75 Å². The third-order valence-corrected chi connectivity index (χ3v) is 5.88. The number of esters is 1. The molecule has 0 fully saturated rings. The Morgan fingerprint density at radius 1 is 0.704 bits per heavy atom. The van der Waals surface area contributed by atoms with Crippen LogP contribution in [0.5, 0.6) is 17.2 Å². The van der Waals surface area contributed by atoms with Gasteiger partial charge in [0.15, 0.2) is 11.5 Å². The first-order valence-electron chi connectivity index (χ1n) is 9.10. The third-order valence-electron chi connectivity index (χ3n) is 5.88. The Balaban J connectivity index is 1.57. The minimum absolute atomic E-state index is 0.00840. The van der Waals surface area contributed by atoms with Gasteiger partial charge in [0, 0.05) is 17.4 Å². The number of carbonyl (C=O) groups excluding carboxylic acids is 1. The molecule has 0 N–H and O–H groups in total. The standard InChI is InChI=1S/C23H16O4/c24-23-22-20(13-9-10-18-19(11-13)26-12-25-18)14-5-1-2-6-15(14)21(22)16-7-3-4-8-17(16)27-23/h1-11,20-22H,12H2/t20-,21-,22?/m0/s1. The second kappa shape index (κ2) is 5.36. The van der Waals surface area contributed by atoms with Crippen LogP contribution in [-0.2, 0) is 4.79 Å². The van der Waals surface area contributed by atoms with Crippen molar-refractivity contribution in [2.75, 3.05) is 6.79 Å². The van der Waals surface area contributed by atoms with Gasteiger partial charge < -0.3 is 14.2 Å². The van der Waals surface area contributed by atoms with Crippen LogP contribution in [-0.4, -0.2) is 12.8 Å². The molecule has 6 rings (SSSR count). The van der Waals surface area contributed by atoms with Crippen LogP contribution in [0.1, 0.15) is 34.1 Å². The second-order valence-electron chi connectivity index (χ2n) is 7.18. The Kier molecular flexibility index (Phi) is 2.95. The monoisotopic (exact) mass is 356 g/mol. The number of rotatable bonds is 1. The molecule has 27 heavy (non-hydrogen) atoms. The molecular formula is C23H16O4. The number of hydrogen-bond acceptors (Lipinski definition) is 4. The van der Waals surface area contributed by atoms with Crippen LogP contribution in [0, 0.1) is 5.92 Å². The van der Waals surface area contributed by atoms with E-state index in [2.05, 4.69) is 18.2 Å². The predicted octanol–water partition coefficient (Wildman–Crippen LogP) is 4.23. The maximum Gasteiger partial charge on any atom is 0.316 e. The maximum atomic E-state index is 13.0. The average Bonchev–Trinajstić information content (AvgIpc) is 3.30. The quantitative estimate of drug-likeness (QED) is 0.484. The van der Waals surface area contributed by atoms with Gasteiger partial charge in [-0.1, -0.05) is 48.5 Å². The van der Waals surface area contributed by atoms with Crippen molar-refractivity contribution in [2.24, 2.45) is 5.92 Å². The average molecular weight is 356 g/mol. The molecule has 0 saturated heterocycles. The summed E-state index contributed by atoms with van der Waals surface area (Å²) >= 11 is 0. The molecule has 3 aromatic rings. The first-order valence-corrected chi connectivity index (χ1v) is 9.10. The number of fused-ring (bicyclic) bond motifs is 6. The first-order chi connectivity index (χ1) is 13.3. The van der Waals surface area contributed by atoms with Crippen LogP contribution in [0.2, 0.25) is 0 Å². The van der Waals surface area contributed by atoms with Crippen molar-refractivity contribution >= 4 is 5.97 Å². The Bertz CT molecular complexity index is 1090. The number of ether oxygens (including phenoxy) is 3. The fourth-order valence-electron chi connectivity index (χ4n) is 4.79. The van der Waals surface area contributed by atoms with E-state index in [1.54, 1.807) is 0 Å². The smallest absolute Gasteiger partial charge is 0.316 e. The molecule has 4 heteroatoms. The second-order valence-corrected chi connectivity index (χ2v) is 7.18. The predicted molar refractivity (Wildman–Crippen MR) is 98.3 cm³/mol. The van der Waals surface area contributed by atoms with Gasteiger partial charge >= 0.3 is 5.97 Å². The summed E-state index contributed by atoms with van der Waals surface area (Å²) in [5, 5.41) is 0. The van der Waals surface area contributed by atoms with Crippen LogP contribution in [0.15, 0.2) is 66.7 Å².